The molecule has 0 aromatic heterocycles. The van der Waals surface area contributed by atoms with E-state index >= 15 is 0 Å². The molecule has 0 aromatic carbocycles. The van der Waals surface area contributed by atoms with Crippen molar-refractivity contribution in [2.75, 3.05) is 46.4 Å². The maximum Gasteiger partial charge on any atom is 0.0472 e. The molecular formula is C15H32N2O. The molecule has 18 heavy (non-hydrogen) atoms. The van der Waals surface area contributed by atoms with E-state index in [9.17, 15) is 0 Å². The van der Waals surface area contributed by atoms with E-state index in [0.29, 0.717) is 10.8 Å². The fourth-order valence-electron chi connectivity index (χ4n) is 3.02. The summed E-state index contributed by atoms with van der Waals surface area (Å²) in [4.78, 5) is 2.50. The van der Waals surface area contributed by atoms with Gasteiger partial charge in [-0.3, -0.25) is 0 Å². The van der Waals surface area contributed by atoms with Crippen molar-refractivity contribution in [3.63, 3.8) is 0 Å². The Bertz CT molecular complexity index is 229. The smallest absolute Gasteiger partial charge is 0.0472 e. The van der Waals surface area contributed by atoms with Crippen LogP contribution in [0.1, 0.15) is 40.5 Å². The molecule has 1 rings (SSSR count). The van der Waals surface area contributed by atoms with E-state index in [-0.39, 0.29) is 0 Å². The minimum absolute atomic E-state index is 0.374. The molecule has 1 fully saturated rings. The van der Waals surface area contributed by atoms with E-state index in [1.807, 2.05) is 0 Å². The van der Waals surface area contributed by atoms with Crippen molar-refractivity contribution in [3.8, 4) is 0 Å². The highest BCUT2D eigenvalue weighted by molar-refractivity contribution is 4.87. The van der Waals surface area contributed by atoms with Crippen LogP contribution >= 0.6 is 0 Å². The molecule has 1 saturated heterocycles. The maximum absolute atomic E-state index is 5.54. The van der Waals surface area contributed by atoms with Crippen LogP contribution in [0, 0.1) is 10.8 Å². The normalized spacial score (nSPS) is 20.3. The first kappa shape index (κ1) is 15.9. The van der Waals surface area contributed by atoms with E-state index in [2.05, 4.69) is 45.0 Å². The van der Waals surface area contributed by atoms with Crippen molar-refractivity contribution in [2.24, 2.45) is 10.8 Å². The Kier molecular flexibility index (Phi) is 6.09. The van der Waals surface area contributed by atoms with Crippen molar-refractivity contribution in [1.82, 2.24) is 10.2 Å². The summed E-state index contributed by atoms with van der Waals surface area (Å²) in [6, 6.07) is 0. The fraction of sp³-hybridized carbons (Fsp3) is 1.00. The maximum atomic E-state index is 5.54. The van der Waals surface area contributed by atoms with Crippen LogP contribution in [-0.2, 0) is 4.74 Å². The molecule has 3 nitrogen and oxygen atoms in total. The predicted octanol–water partition coefficient (Wildman–Crippen LogP) is 2.37. The number of nitrogens with zero attached hydrogens (tertiary/aromatic N) is 1. The van der Waals surface area contributed by atoms with Gasteiger partial charge in [-0.25, -0.2) is 0 Å². The number of hydrogen-bond donors (Lipinski definition) is 1. The summed E-state index contributed by atoms with van der Waals surface area (Å²) in [5.74, 6) is 0. The highest BCUT2D eigenvalue weighted by Crippen LogP contribution is 2.31. The third kappa shape index (κ3) is 5.68. The van der Waals surface area contributed by atoms with E-state index in [1.165, 1.54) is 19.4 Å². The van der Waals surface area contributed by atoms with Crippen LogP contribution in [0.3, 0.4) is 0 Å². The molecule has 0 atom stereocenters. The van der Waals surface area contributed by atoms with Crippen molar-refractivity contribution in [1.29, 1.82) is 0 Å². The van der Waals surface area contributed by atoms with Gasteiger partial charge >= 0.3 is 0 Å². The molecule has 1 aliphatic rings. The Morgan fingerprint density at radius 1 is 1.22 bits per heavy atom. The second-order valence-electron chi connectivity index (χ2n) is 7.13. The lowest BCUT2D eigenvalue weighted by molar-refractivity contribution is -0.00405. The third-order valence-electron chi connectivity index (χ3n) is 3.65. The Hall–Kier alpha value is -0.120. The standard InChI is InChI=1S/C15H32N2O/c1-6-16-11-15(7-9-18-10-8-15)13-17(5)12-14(2,3)4/h16H,6-13H2,1-5H3. The van der Waals surface area contributed by atoms with E-state index in [1.54, 1.807) is 0 Å². The summed E-state index contributed by atoms with van der Waals surface area (Å²) in [7, 11) is 2.26. The van der Waals surface area contributed by atoms with Crippen molar-refractivity contribution >= 4 is 0 Å². The number of rotatable bonds is 6. The molecule has 0 unspecified atom stereocenters. The summed E-state index contributed by atoms with van der Waals surface area (Å²) in [6.07, 6.45) is 2.38. The topological polar surface area (TPSA) is 24.5 Å². The van der Waals surface area contributed by atoms with E-state index in [4.69, 9.17) is 4.74 Å². The van der Waals surface area contributed by atoms with Crippen molar-refractivity contribution in [3.05, 3.63) is 0 Å². The van der Waals surface area contributed by atoms with Gasteiger partial charge in [-0.05, 0) is 37.3 Å². The van der Waals surface area contributed by atoms with Crippen LogP contribution in [0.25, 0.3) is 0 Å². The van der Waals surface area contributed by atoms with Gasteiger partial charge in [0.25, 0.3) is 0 Å². The summed E-state index contributed by atoms with van der Waals surface area (Å²) in [5.41, 5.74) is 0.785. The second-order valence-corrected chi connectivity index (χ2v) is 7.13. The monoisotopic (exact) mass is 256 g/mol. The average molecular weight is 256 g/mol. The van der Waals surface area contributed by atoms with Crippen molar-refractivity contribution in [2.45, 2.75) is 40.5 Å². The quantitative estimate of drug-likeness (QED) is 0.789. The minimum Gasteiger partial charge on any atom is -0.381 e. The molecule has 1 heterocycles. The number of nitrogens with one attached hydrogen (secondary N) is 1. The first-order valence-electron chi connectivity index (χ1n) is 7.34. The highest BCUT2D eigenvalue weighted by Gasteiger charge is 2.33. The zero-order valence-electron chi connectivity index (χ0n) is 13.0. The lowest BCUT2D eigenvalue weighted by Gasteiger charge is -2.41. The molecule has 108 valence electrons. The SMILES string of the molecule is CCNCC1(CN(C)CC(C)(C)C)CCOCC1. The molecule has 0 bridgehead atoms. The molecule has 0 saturated carbocycles. The minimum atomic E-state index is 0.374. The molecule has 0 radical (unpaired) electrons. The van der Waals surface area contributed by atoms with Crippen molar-refractivity contribution < 1.29 is 4.74 Å². The fourth-order valence-corrected chi connectivity index (χ4v) is 3.02. The van der Waals surface area contributed by atoms with Crippen LogP contribution in [0.4, 0.5) is 0 Å². The average Bonchev–Trinajstić information content (AvgIpc) is 2.25. The first-order valence-corrected chi connectivity index (χ1v) is 7.34. The molecule has 0 aromatic rings. The predicted molar refractivity (Wildman–Crippen MR) is 78.0 cm³/mol. The van der Waals surface area contributed by atoms with Crippen LogP contribution in [0.15, 0.2) is 0 Å². The molecule has 0 spiro atoms. The zero-order valence-corrected chi connectivity index (χ0v) is 13.0. The Labute approximate surface area is 113 Å². The summed E-state index contributed by atoms with van der Waals surface area (Å²) in [6.45, 7) is 15.5. The largest absolute Gasteiger partial charge is 0.381 e. The molecule has 0 aliphatic carbocycles. The van der Waals surface area contributed by atoms with E-state index in [0.717, 1.165) is 32.8 Å². The Morgan fingerprint density at radius 3 is 2.33 bits per heavy atom. The zero-order chi connectivity index (χ0) is 13.6. The summed E-state index contributed by atoms with van der Waals surface area (Å²) >= 11 is 0. The number of hydrogen-bond acceptors (Lipinski definition) is 3. The molecule has 1 N–H and O–H groups in total. The van der Waals surface area contributed by atoms with Gasteiger partial charge in [0.1, 0.15) is 0 Å². The van der Waals surface area contributed by atoms with Crippen LogP contribution < -0.4 is 5.32 Å². The molecular weight excluding hydrogens is 224 g/mol. The summed E-state index contributed by atoms with van der Waals surface area (Å²) in [5, 5.41) is 3.54. The first-order chi connectivity index (χ1) is 8.37. The van der Waals surface area contributed by atoms with Gasteiger partial charge in [-0.15, -0.1) is 0 Å². The van der Waals surface area contributed by atoms with Crippen LogP contribution in [0.2, 0.25) is 0 Å². The Morgan fingerprint density at radius 2 is 1.83 bits per heavy atom. The van der Waals surface area contributed by atoms with Crippen LogP contribution in [0.5, 0.6) is 0 Å². The number of ether oxygens (including phenoxy) is 1. The lowest BCUT2D eigenvalue weighted by atomic mass is 9.79. The van der Waals surface area contributed by atoms with Gasteiger partial charge in [0.05, 0.1) is 0 Å². The highest BCUT2D eigenvalue weighted by atomic mass is 16.5. The summed E-state index contributed by atoms with van der Waals surface area (Å²) < 4.78 is 5.54. The second kappa shape index (κ2) is 6.88. The lowest BCUT2D eigenvalue weighted by Crippen LogP contribution is -2.47. The molecule has 1 aliphatic heterocycles. The van der Waals surface area contributed by atoms with Gasteiger partial charge in [-0.2, -0.15) is 0 Å². The Balaban J connectivity index is 2.54. The molecule has 0 amide bonds. The van der Waals surface area contributed by atoms with Gasteiger partial charge < -0.3 is 15.0 Å². The van der Waals surface area contributed by atoms with Gasteiger partial charge in [0, 0.05) is 32.8 Å². The van der Waals surface area contributed by atoms with Gasteiger partial charge in [0.2, 0.25) is 0 Å². The van der Waals surface area contributed by atoms with E-state index < -0.39 is 0 Å². The molecule has 3 heteroatoms. The van der Waals surface area contributed by atoms with Gasteiger partial charge in [-0.1, -0.05) is 27.7 Å². The third-order valence-corrected chi connectivity index (χ3v) is 3.65. The van der Waals surface area contributed by atoms with Gasteiger partial charge in [0.15, 0.2) is 0 Å². The van der Waals surface area contributed by atoms with Crippen LogP contribution in [-0.4, -0.2) is 51.3 Å².